The van der Waals surface area contributed by atoms with Crippen molar-refractivity contribution in [2.24, 2.45) is 0 Å². The van der Waals surface area contributed by atoms with E-state index in [0.29, 0.717) is 11.3 Å². The molecular formula is C27H22FN3O4. The van der Waals surface area contributed by atoms with Crippen LogP contribution in [-0.2, 0) is 17.9 Å². The number of nitrogens with one attached hydrogen (secondary N) is 2. The number of nitrogens with zero attached hydrogens (tertiary/aromatic N) is 1. The average Bonchev–Trinajstić information content (AvgIpc) is 2.90. The number of pyridine rings is 1. The molecule has 4 rings (SSSR count). The van der Waals surface area contributed by atoms with Crippen LogP contribution in [0.1, 0.15) is 27.2 Å². The second-order valence-electron chi connectivity index (χ2n) is 7.67. The first-order valence-electron chi connectivity index (χ1n) is 10.8. The zero-order valence-corrected chi connectivity index (χ0v) is 18.6. The number of rotatable bonds is 8. The Morgan fingerprint density at radius 3 is 2.43 bits per heavy atom. The largest absolute Gasteiger partial charge is 0.488 e. The number of benzene rings is 3. The zero-order chi connectivity index (χ0) is 24.6. The van der Waals surface area contributed by atoms with Gasteiger partial charge in [-0.05, 0) is 47.0 Å². The highest BCUT2D eigenvalue weighted by Crippen LogP contribution is 2.26. The highest BCUT2D eigenvalue weighted by molar-refractivity contribution is 5.97. The number of carbonyl (C=O) groups excluding carboxylic acids is 2. The molecule has 0 fully saturated rings. The van der Waals surface area contributed by atoms with Crippen LogP contribution in [0.2, 0.25) is 0 Å². The van der Waals surface area contributed by atoms with E-state index >= 15 is 0 Å². The second-order valence-corrected chi connectivity index (χ2v) is 7.67. The number of carbonyl (C=O) groups is 2. The van der Waals surface area contributed by atoms with Gasteiger partial charge in [-0.1, -0.05) is 48.5 Å². The molecule has 2 amide bonds. The van der Waals surface area contributed by atoms with Crippen molar-refractivity contribution in [2.75, 3.05) is 0 Å². The van der Waals surface area contributed by atoms with E-state index in [1.807, 2.05) is 30.3 Å². The summed E-state index contributed by atoms with van der Waals surface area (Å²) in [5, 5.41) is 12.1. The first kappa shape index (κ1) is 23.6. The van der Waals surface area contributed by atoms with Crippen LogP contribution in [0.25, 0.3) is 17.0 Å². The van der Waals surface area contributed by atoms with Gasteiger partial charge in [-0.2, -0.15) is 0 Å². The van der Waals surface area contributed by atoms with Gasteiger partial charge in [0.1, 0.15) is 23.9 Å². The Kier molecular flexibility index (Phi) is 7.44. The normalized spacial score (nSPS) is 10.9. The summed E-state index contributed by atoms with van der Waals surface area (Å²) in [7, 11) is 0. The molecule has 3 aromatic carbocycles. The first-order valence-corrected chi connectivity index (χ1v) is 10.8. The third kappa shape index (κ3) is 6.27. The number of para-hydroxylation sites is 1. The van der Waals surface area contributed by atoms with Crippen LogP contribution >= 0.6 is 0 Å². The molecule has 0 radical (unpaired) electrons. The van der Waals surface area contributed by atoms with Gasteiger partial charge >= 0.3 is 0 Å². The predicted octanol–water partition coefficient (Wildman–Crippen LogP) is 4.40. The van der Waals surface area contributed by atoms with E-state index < -0.39 is 5.91 Å². The molecule has 0 aliphatic rings. The fourth-order valence-electron chi connectivity index (χ4n) is 3.35. The van der Waals surface area contributed by atoms with Crippen LogP contribution in [0.3, 0.4) is 0 Å². The monoisotopic (exact) mass is 471 g/mol. The van der Waals surface area contributed by atoms with Crippen molar-refractivity contribution < 1.29 is 23.9 Å². The third-order valence-electron chi connectivity index (χ3n) is 5.19. The van der Waals surface area contributed by atoms with Crippen molar-refractivity contribution in [1.82, 2.24) is 15.8 Å². The van der Waals surface area contributed by atoms with Gasteiger partial charge in [-0.15, -0.1) is 0 Å². The smallest absolute Gasteiger partial charge is 0.270 e. The summed E-state index contributed by atoms with van der Waals surface area (Å²) >= 11 is 0. The summed E-state index contributed by atoms with van der Waals surface area (Å²) in [4.78, 5) is 28.4. The molecule has 0 saturated carbocycles. The second kappa shape index (κ2) is 11.0. The van der Waals surface area contributed by atoms with Gasteiger partial charge in [0.05, 0.1) is 5.52 Å². The predicted molar refractivity (Wildman–Crippen MR) is 129 cm³/mol. The standard InChI is InChI=1S/C27H22FN3O4/c28-21-12-9-20(10-13-21)17-35-25-15-24(30-23-4-2-1-3-22(23)25)27(33)29-16-19-7-5-18(6-8-19)11-14-26(32)31-34/h1-15,34H,16-17H2,(H,29,33)(H,31,32)/b14-11+. The Hall–Kier alpha value is -4.56. The van der Waals surface area contributed by atoms with Gasteiger partial charge in [0.15, 0.2) is 0 Å². The number of fused-ring (bicyclic) bond motifs is 1. The Morgan fingerprint density at radius 1 is 0.971 bits per heavy atom. The van der Waals surface area contributed by atoms with Gasteiger partial charge in [0.2, 0.25) is 0 Å². The minimum absolute atomic E-state index is 0.215. The van der Waals surface area contributed by atoms with Crippen molar-refractivity contribution in [3.8, 4) is 5.75 Å². The molecule has 0 spiro atoms. The lowest BCUT2D eigenvalue weighted by molar-refractivity contribution is -0.124. The molecule has 4 aromatic rings. The Morgan fingerprint density at radius 2 is 1.69 bits per heavy atom. The average molecular weight is 471 g/mol. The van der Waals surface area contributed by atoms with Crippen molar-refractivity contribution in [3.05, 3.63) is 113 Å². The molecule has 176 valence electrons. The number of halogens is 1. The molecule has 1 aromatic heterocycles. The van der Waals surface area contributed by atoms with Gasteiger partial charge in [-0.3, -0.25) is 14.8 Å². The summed E-state index contributed by atoms with van der Waals surface area (Å²) < 4.78 is 19.1. The van der Waals surface area contributed by atoms with Gasteiger partial charge in [-0.25, -0.2) is 14.9 Å². The third-order valence-corrected chi connectivity index (χ3v) is 5.19. The molecule has 0 aliphatic carbocycles. The molecule has 3 N–H and O–H groups in total. The summed E-state index contributed by atoms with van der Waals surface area (Å²) in [5.41, 5.74) is 4.79. The maximum Gasteiger partial charge on any atom is 0.270 e. The number of hydrogen-bond acceptors (Lipinski definition) is 5. The Labute approximate surface area is 200 Å². The van der Waals surface area contributed by atoms with E-state index in [9.17, 15) is 14.0 Å². The van der Waals surface area contributed by atoms with Crippen LogP contribution in [0.15, 0.2) is 84.9 Å². The fraction of sp³-hybridized carbons (Fsp3) is 0.0741. The maximum absolute atomic E-state index is 13.2. The lowest BCUT2D eigenvalue weighted by atomic mass is 10.1. The minimum atomic E-state index is -0.620. The molecule has 1 heterocycles. The fourth-order valence-corrected chi connectivity index (χ4v) is 3.35. The van der Waals surface area contributed by atoms with E-state index in [0.717, 1.165) is 22.1 Å². The van der Waals surface area contributed by atoms with Crippen molar-refractivity contribution in [3.63, 3.8) is 0 Å². The molecule has 0 atom stereocenters. The summed E-state index contributed by atoms with van der Waals surface area (Å²) in [6.07, 6.45) is 2.76. The molecule has 0 bridgehead atoms. The van der Waals surface area contributed by atoms with Crippen LogP contribution in [0, 0.1) is 5.82 Å². The van der Waals surface area contributed by atoms with E-state index in [-0.39, 0.29) is 30.6 Å². The topological polar surface area (TPSA) is 101 Å². The van der Waals surface area contributed by atoms with Crippen molar-refractivity contribution in [1.29, 1.82) is 0 Å². The lowest BCUT2D eigenvalue weighted by Crippen LogP contribution is -2.24. The molecule has 7 nitrogen and oxygen atoms in total. The molecule has 8 heteroatoms. The maximum atomic E-state index is 13.2. The van der Waals surface area contributed by atoms with Crippen LogP contribution in [0.4, 0.5) is 4.39 Å². The molecule has 35 heavy (non-hydrogen) atoms. The Bertz CT molecular complexity index is 1370. The number of ether oxygens (including phenoxy) is 1. The molecule has 0 saturated heterocycles. The van der Waals surface area contributed by atoms with Crippen LogP contribution in [0.5, 0.6) is 5.75 Å². The molecular weight excluding hydrogens is 449 g/mol. The van der Waals surface area contributed by atoms with Gasteiger partial charge in [0.25, 0.3) is 11.8 Å². The zero-order valence-electron chi connectivity index (χ0n) is 18.6. The van der Waals surface area contributed by atoms with Crippen molar-refractivity contribution in [2.45, 2.75) is 13.2 Å². The first-order chi connectivity index (χ1) is 17.0. The van der Waals surface area contributed by atoms with Gasteiger partial charge < -0.3 is 10.1 Å². The number of aromatic nitrogens is 1. The lowest BCUT2D eigenvalue weighted by Gasteiger charge is -2.12. The number of hydrogen-bond donors (Lipinski definition) is 3. The summed E-state index contributed by atoms with van der Waals surface area (Å²) in [5.74, 6) is -0.786. The number of hydroxylamine groups is 1. The van der Waals surface area contributed by atoms with Crippen LogP contribution in [-0.4, -0.2) is 22.0 Å². The van der Waals surface area contributed by atoms with Gasteiger partial charge in [0, 0.05) is 24.1 Å². The summed E-state index contributed by atoms with van der Waals surface area (Å²) in [6, 6.07) is 22.2. The SMILES string of the molecule is O=C(/C=C/c1ccc(CNC(=O)c2cc(OCc3ccc(F)cc3)c3ccccc3n2)cc1)NO. The minimum Gasteiger partial charge on any atom is -0.488 e. The van der Waals surface area contributed by atoms with E-state index in [1.54, 1.807) is 42.5 Å². The summed E-state index contributed by atoms with van der Waals surface area (Å²) in [6.45, 7) is 0.496. The molecule has 0 aliphatic heterocycles. The van der Waals surface area contributed by atoms with E-state index in [2.05, 4.69) is 10.3 Å². The van der Waals surface area contributed by atoms with Crippen LogP contribution < -0.4 is 15.5 Å². The Balaban J connectivity index is 1.46. The quantitative estimate of drug-likeness (QED) is 0.201. The van der Waals surface area contributed by atoms with Crippen molar-refractivity contribution >= 4 is 28.8 Å². The highest BCUT2D eigenvalue weighted by Gasteiger charge is 2.13. The van der Waals surface area contributed by atoms with E-state index in [1.165, 1.54) is 23.7 Å². The number of amides is 2. The molecule has 0 unspecified atom stereocenters. The van der Waals surface area contributed by atoms with E-state index in [4.69, 9.17) is 9.94 Å². The highest BCUT2D eigenvalue weighted by atomic mass is 19.1.